The Kier molecular flexibility index (Phi) is 4.13. The van der Waals surface area contributed by atoms with Crippen LogP contribution in [0, 0.1) is 10.1 Å². The smallest absolute Gasteiger partial charge is 0.395 e. The normalized spacial score (nSPS) is 10.2. The summed E-state index contributed by atoms with van der Waals surface area (Å²) in [6, 6.07) is 7.38. The van der Waals surface area contributed by atoms with E-state index in [0.717, 1.165) is 11.8 Å². The fraction of sp³-hybridized carbons (Fsp3) is 0.154. The first-order valence-corrected chi connectivity index (χ1v) is 6.28. The number of rotatable bonds is 4. The van der Waals surface area contributed by atoms with Crippen molar-refractivity contribution in [3.05, 3.63) is 51.2 Å². The van der Waals surface area contributed by atoms with Crippen molar-refractivity contribution in [2.75, 3.05) is 24.3 Å². The van der Waals surface area contributed by atoms with E-state index in [0.29, 0.717) is 10.7 Å². The van der Waals surface area contributed by atoms with Crippen LogP contribution in [-0.4, -0.2) is 24.9 Å². The lowest BCUT2D eigenvalue weighted by Crippen LogP contribution is -2.12. The van der Waals surface area contributed by atoms with Gasteiger partial charge in [0.15, 0.2) is 5.76 Å². The van der Waals surface area contributed by atoms with E-state index in [-0.39, 0.29) is 5.76 Å². The van der Waals surface area contributed by atoms with Crippen molar-refractivity contribution in [3.8, 4) is 0 Å². The van der Waals surface area contributed by atoms with E-state index in [9.17, 15) is 14.9 Å². The van der Waals surface area contributed by atoms with Crippen LogP contribution in [0.3, 0.4) is 0 Å². The summed E-state index contributed by atoms with van der Waals surface area (Å²) in [5.41, 5.74) is 1.28. The number of nitrogens with one attached hydrogen (secondary N) is 1. The molecule has 8 heteroatoms. The Morgan fingerprint density at radius 3 is 2.57 bits per heavy atom. The van der Waals surface area contributed by atoms with E-state index < -0.39 is 16.7 Å². The van der Waals surface area contributed by atoms with Crippen LogP contribution in [0.15, 0.2) is 34.7 Å². The van der Waals surface area contributed by atoms with E-state index in [1.54, 1.807) is 18.2 Å². The largest absolute Gasteiger partial charge is 0.433 e. The average molecular weight is 310 g/mol. The minimum absolute atomic E-state index is 0.144. The molecular formula is C13H12ClN3O4. The molecular weight excluding hydrogens is 298 g/mol. The molecule has 21 heavy (non-hydrogen) atoms. The minimum Gasteiger partial charge on any atom is -0.395 e. The number of carbonyl (C=O) groups excluding carboxylic acids is 1. The van der Waals surface area contributed by atoms with Gasteiger partial charge < -0.3 is 14.6 Å². The predicted molar refractivity (Wildman–Crippen MR) is 79.1 cm³/mol. The third-order valence-corrected chi connectivity index (χ3v) is 2.99. The highest BCUT2D eigenvalue weighted by molar-refractivity contribution is 6.33. The topological polar surface area (TPSA) is 88.6 Å². The number of hydrogen-bond donors (Lipinski definition) is 1. The van der Waals surface area contributed by atoms with Crippen LogP contribution in [0.5, 0.6) is 0 Å². The van der Waals surface area contributed by atoms with Crippen LogP contribution < -0.4 is 10.2 Å². The maximum Gasteiger partial charge on any atom is 0.433 e. The Labute approximate surface area is 125 Å². The van der Waals surface area contributed by atoms with Gasteiger partial charge in [0.05, 0.1) is 16.8 Å². The van der Waals surface area contributed by atoms with Crippen LogP contribution in [0.4, 0.5) is 17.3 Å². The van der Waals surface area contributed by atoms with Crippen molar-refractivity contribution >= 4 is 34.8 Å². The van der Waals surface area contributed by atoms with E-state index in [1.807, 2.05) is 19.0 Å². The molecule has 1 aromatic carbocycles. The summed E-state index contributed by atoms with van der Waals surface area (Å²) in [4.78, 5) is 23.5. The lowest BCUT2D eigenvalue weighted by molar-refractivity contribution is -0.402. The van der Waals surface area contributed by atoms with Gasteiger partial charge in [0.25, 0.3) is 5.91 Å². The van der Waals surface area contributed by atoms with Crippen LogP contribution in [0.25, 0.3) is 0 Å². The summed E-state index contributed by atoms with van der Waals surface area (Å²) in [5.74, 6) is -1.22. The van der Waals surface area contributed by atoms with Crippen molar-refractivity contribution in [2.45, 2.75) is 0 Å². The van der Waals surface area contributed by atoms with Crippen LogP contribution in [-0.2, 0) is 0 Å². The summed E-state index contributed by atoms with van der Waals surface area (Å²) >= 11 is 6.09. The van der Waals surface area contributed by atoms with Gasteiger partial charge in [0, 0.05) is 19.8 Å². The molecule has 0 bridgehead atoms. The predicted octanol–water partition coefficient (Wildman–Crippen LogP) is 3.16. The molecule has 0 spiro atoms. The molecule has 0 unspecified atom stereocenters. The summed E-state index contributed by atoms with van der Waals surface area (Å²) < 4.78 is 4.82. The molecule has 0 radical (unpaired) electrons. The summed E-state index contributed by atoms with van der Waals surface area (Å²) in [6.45, 7) is 0. The molecule has 0 fully saturated rings. The molecule has 0 saturated carbocycles. The lowest BCUT2D eigenvalue weighted by Gasteiger charge is -2.15. The van der Waals surface area contributed by atoms with Gasteiger partial charge in [0.1, 0.15) is 4.92 Å². The third kappa shape index (κ3) is 3.32. The molecule has 110 valence electrons. The van der Waals surface area contributed by atoms with Gasteiger partial charge in [-0.05, 0) is 24.3 Å². The summed E-state index contributed by atoms with van der Waals surface area (Å²) in [7, 11) is 3.70. The van der Waals surface area contributed by atoms with Crippen molar-refractivity contribution in [1.82, 2.24) is 0 Å². The van der Waals surface area contributed by atoms with Gasteiger partial charge in [-0.1, -0.05) is 11.6 Å². The second-order valence-electron chi connectivity index (χ2n) is 4.41. The Morgan fingerprint density at radius 1 is 1.33 bits per heavy atom. The molecule has 0 aliphatic carbocycles. The first-order chi connectivity index (χ1) is 9.88. The number of anilines is 2. The zero-order valence-corrected chi connectivity index (χ0v) is 12.0. The van der Waals surface area contributed by atoms with Crippen molar-refractivity contribution in [3.63, 3.8) is 0 Å². The van der Waals surface area contributed by atoms with Gasteiger partial charge in [-0.25, -0.2) is 0 Å². The maximum absolute atomic E-state index is 11.9. The zero-order valence-electron chi connectivity index (χ0n) is 11.3. The molecule has 7 nitrogen and oxygen atoms in total. The number of halogens is 1. The third-order valence-electron chi connectivity index (χ3n) is 2.68. The second kappa shape index (κ2) is 5.84. The van der Waals surface area contributed by atoms with Crippen LogP contribution >= 0.6 is 11.6 Å². The van der Waals surface area contributed by atoms with Gasteiger partial charge in [-0.3, -0.25) is 14.9 Å². The number of nitrogens with zero attached hydrogens (tertiary/aromatic N) is 2. The average Bonchev–Trinajstić information content (AvgIpc) is 2.88. The fourth-order valence-corrected chi connectivity index (χ4v) is 2.04. The van der Waals surface area contributed by atoms with Crippen molar-refractivity contribution in [1.29, 1.82) is 0 Å². The molecule has 1 amide bonds. The lowest BCUT2D eigenvalue weighted by atomic mass is 10.2. The number of amides is 1. The highest BCUT2D eigenvalue weighted by atomic mass is 35.5. The van der Waals surface area contributed by atoms with Gasteiger partial charge >= 0.3 is 5.88 Å². The quantitative estimate of drug-likeness (QED) is 0.692. The first-order valence-electron chi connectivity index (χ1n) is 5.91. The fourth-order valence-electron chi connectivity index (χ4n) is 1.69. The highest BCUT2D eigenvalue weighted by Crippen LogP contribution is 2.27. The molecule has 0 aliphatic heterocycles. The minimum atomic E-state index is -0.709. The molecule has 0 atom stereocenters. The Balaban J connectivity index is 2.15. The monoisotopic (exact) mass is 309 g/mol. The molecule has 1 heterocycles. The van der Waals surface area contributed by atoms with Crippen molar-refractivity contribution in [2.24, 2.45) is 0 Å². The number of nitro groups is 1. The van der Waals surface area contributed by atoms with Gasteiger partial charge in [-0.15, -0.1) is 0 Å². The van der Waals surface area contributed by atoms with E-state index >= 15 is 0 Å². The number of carbonyl (C=O) groups is 1. The summed E-state index contributed by atoms with van der Waals surface area (Å²) in [5, 5.41) is 13.5. The number of hydrogen-bond acceptors (Lipinski definition) is 5. The van der Waals surface area contributed by atoms with Gasteiger partial charge in [0.2, 0.25) is 0 Å². The maximum atomic E-state index is 11.9. The molecule has 0 aliphatic rings. The Hall–Kier alpha value is -2.54. The van der Waals surface area contributed by atoms with E-state index in [4.69, 9.17) is 16.0 Å². The van der Waals surface area contributed by atoms with E-state index in [2.05, 4.69) is 5.32 Å². The summed E-state index contributed by atoms with van der Waals surface area (Å²) in [6.07, 6.45) is 0. The first kappa shape index (κ1) is 14.9. The SMILES string of the molecule is CN(C)c1ccc(NC(=O)c2ccc([N+](=O)[O-])o2)cc1Cl. The zero-order chi connectivity index (χ0) is 15.6. The number of furan rings is 1. The van der Waals surface area contributed by atoms with Crippen LogP contribution in [0.1, 0.15) is 10.6 Å². The van der Waals surface area contributed by atoms with Crippen molar-refractivity contribution < 1.29 is 14.1 Å². The van der Waals surface area contributed by atoms with E-state index in [1.165, 1.54) is 6.07 Å². The Bertz CT molecular complexity index is 696. The number of benzene rings is 1. The van der Waals surface area contributed by atoms with Gasteiger partial charge in [-0.2, -0.15) is 0 Å². The second-order valence-corrected chi connectivity index (χ2v) is 4.82. The standard InChI is InChI=1S/C13H12ClN3O4/c1-16(2)10-4-3-8(7-9(10)14)15-13(18)11-5-6-12(21-11)17(19)20/h3-7H,1-2H3,(H,15,18). The molecule has 2 aromatic rings. The molecule has 1 N–H and O–H groups in total. The molecule has 0 saturated heterocycles. The Morgan fingerprint density at radius 2 is 2.05 bits per heavy atom. The van der Waals surface area contributed by atoms with Crippen LogP contribution in [0.2, 0.25) is 5.02 Å². The molecule has 1 aromatic heterocycles. The highest BCUT2D eigenvalue weighted by Gasteiger charge is 2.17. The molecule has 2 rings (SSSR count).